The smallest absolute Gasteiger partial charge is 0.308 e. The Balaban J connectivity index is 0. The van der Waals surface area contributed by atoms with Gasteiger partial charge in [-0.3, -0.25) is 9.59 Å². The normalized spacial score (nSPS) is 11.0. The molecule has 0 fully saturated rings. The lowest BCUT2D eigenvalue weighted by molar-refractivity contribution is -0.143. The van der Waals surface area contributed by atoms with Gasteiger partial charge in [0.1, 0.15) is 0 Å². The first kappa shape index (κ1) is 17.3. The molecule has 0 bridgehead atoms. The lowest BCUT2D eigenvalue weighted by Crippen LogP contribution is -2.14. The quantitative estimate of drug-likeness (QED) is 0.678. The van der Waals surface area contributed by atoms with Gasteiger partial charge in [0, 0.05) is 14.2 Å². The second kappa shape index (κ2) is 11.9. The highest BCUT2D eigenvalue weighted by molar-refractivity contribution is 5.69. The minimum absolute atomic E-state index is 0.230. The molecule has 0 rings (SSSR count). The maximum atomic E-state index is 10.3. The lowest BCUT2D eigenvalue weighted by atomic mass is 10.2. The van der Waals surface area contributed by atoms with Gasteiger partial charge in [-0.05, 0) is 6.92 Å². The first-order valence-electron chi connectivity index (χ1n) is 4.77. The van der Waals surface area contributed by atoms with Crippen LogP contribution in [0, 0.1) is 5.92 Å². The number of methoxy groups -OCH3 is 3. The molecule has 96 valence electrons. The molecule has 0 aromatic heterocycles. The fourth-order valence-corrected chi connectivity index (χ4v) is 0.609. The van der Waals surface area contributed by atoms with Gasteiger partial charge in [0.05, 0.1) is 32.7 Å². The number of hydrogen-bond acceptors (Lipinski definition) is 5. The van der Waals surface area contributed by atoms with E-state index in [0.29, 0.717) is 13.0 Å². The van der Waals surface area contributed by atoms with Crippen LogP contribution < -0.4 is 0 Å². The Morgan fingerprint density at radius 2 is 1.75 bits per heavy atom. The minimum Gasteiger partial charge on any atom is -0.481 e. The first-order chi connectivity index (χ1) is 7.49. The second-order valence-electron chi connectivity index (χ2n) is 3.01. The van der Waals surface area contributed by atoms with Gasteiger partial charge in [0.15, 0.2) is 0 Å². The van der Waals surface area contributed by atoms with E-state index >= 15 is 0 Å². The number of rotatable bonds is 6. The summed E-state index contributed by atoms with van der Waals surface area (Å²) >= 11 is 0. The van der Waals surface area contributed by atoms with Crippen molar-refractivity contribution in [1.82, 2.24) is 0 Å². The van der Waals surface area contributed by atoms with E-state index < -0.39 is 5.97 Å². The van der Waals surface area contributed by atoms with Gasteiger partial charge < -0.3 is 19.3 Å². The summed E-state index contributed by atoms with van der Waals surface area (Å²) in [5.74, 6) is -1.43. The zero-order valence-corrected chi connectivity index (χ0v) is 10.2. The SMILES string of the molecule is COCC(C)C(=O)O.COCCC(=O)OC. The molecule has 1 atom stereocenters. The highest BCUT2D eigenvalue weighted by Crippen LogP contribution is 1.92. The Morgan fingerprint density at radius 3 is 2.00 bits per heavy atom. The van der Waals surface area contributed by atoms with Crippen molar-refractivity contribution in [2.24, 2.45) is 5.92 Å². The van der Waals surface area contributed by atoms with E-state index in [2.05, 4.69) is 14.2 Å². The fourth-order valence-electron chi connectivity index (χ4n) is 0.609. The van der Waals surface area contributed by atoms with E-state index in [4.69, 9.17) is 5.11 Å². The van der Waals surface area contributed by atoms with Crippen molar-refractivity contribution in [3.8, 4) is 0 Å². The van der Waals surface area contributed by atoms with Gasteiger partial charge in [-0.1, -0.05) is 0 Å². The van der Waals surface area contributed by atoms with Gasteiger partial charge >= 0.3 is 11.9 Å². The van der Waals surface area contributed by atoms with Crippen LogP contribution in [0.4, 0.5) is 0 Å². The molecule has 1 unspecified atom stereocenters. The van der Waals surface area contributed by atoms with E-state index in [0.717, 1.165) is 0 Å². The Morgan fingerprint density at radius 1 is 1.19 bits per heavy atom. The third kappa shape index (κ3) is 12.9. The van der Waals surface area contributed by atoms with Crippen molar-refractivity contribution < 1.29 is 28.9 Å². The first-order valence-corrected chi connectivity index (χ1v) is 4.77. The topological polar surface area (TPSA) is 82.1 Å². The van der Waals surface area contributed by atoms with Crippen molar-refractivity contribution in [1.29, 1.82) is 0 Å². The summed E-state index contributed by atoms with van der Waals surface area (Å²) < 4.78 is 13.5. The van der Waals surface area contributed by atoms with Gasteiger partial charge in [0.25, 0.3) is 0 Å². The molecule has 0 aromatic carbocycles. The van der Waals surface area contributed by atoms with Crippen LogP contribution in [0.25, 0.3) is 0 Å². The maximum absolute atomic E-state index is 10.3. The van der Waals surface area contributed by atoms with E-state index in [1.165, 1.54) is 14.2 Å². The van der Waals surface area contributed by atoms with Crippen LogP contribution in [0.3, 0.4) is 0 Å². The molecule has 1 N–H and O–H groups in total. The second-order valence-corrected chi connectivity index (χ2v) is 3.01. The van der Waals surface area contributed by atoms with Crippen LogP contribution in [-0.4, -0.2) is 51.6 Å². The Labute approximate surface area is 95.5 Å². The summed E-state index contributed by atoms with van der Waals surface area (Å²) in [5.41, 5.74) is 0. The van der Waals surface area contributed by atoms with E-state index in [1.807, 2.05) is 0 Å². The molecule has 0 aliphatic carbocycles. The summed E-state index contributed by atoms with van der Waals surface area (Å²) in [7, 11) is 4.39. The number of carboxylic acid groups (broad SMARTS) is 1. The third-order valence-corrected chi connectivity index (χ3v) is 1.58. The van der Waals surface area contributed by atoms with Crippen molar-refractivity contribution in [3.05, 3.63) is 0 Å². The van der Waals surface area contributed by atoms with E-state index in [1.54, 1.807) is 14.0 Å². The molecular weight excluding hydrogens is 216 g/mol. The summed E-state index contributed by atoms with van der Waals surface area (Å²) in [4.78, 5) is 20.3. The van der Waals surface area contributed by atoms with Crippen molar-refractivity contribution in [2.75, 3.05) is 34.5 Å². The highest BCUT2D eigenvalue weighted by atomic mass is 16.5. The molecule has 6 heteroatoms. The summed E-state index contributed by atoms with van der Waals surface area (Å²) in [5, 5.41) is 8.23. The molecule has 0 spiro atoms. The van der Waals surface area contributed by atoms with Crippen LogP contribution >= 0.6 is 0 Å². The number of carbonyl (C=O) groups is 2. The monoisotopic (exact) mass is 236 g/mol. The maximum Gasteiger partial charge on any atom is 0.308 e. The fraction of sp³-hybridized carbons (Fsp3) is 0.800. The number of carbonyl (C=O) groups excluding carboxylic acids is 1. The predicted molar refractivity (Wildman–Crippen MR) is 57.2 cm³/mol. The van der Waals surface area contributed by atoms with Gasteiger partial charge in [-0.25, -0.2) is 0 Å². The van der Waals surface area contributed by atoms with E-state index in [9.17, 15) is 9.59 Å². The van der Waals surface area contributed by atoms with Crippen LogP contribution in [0.5, 0.6) is 0 Å². The zero-order chi connectivity index (χ0) is 13.0. The van der Waals surface area contributed by atoms with Crippen LogP contribution in [0.2, 0.25) is 0 Å². The molecule has 6 nitrogen and oxygen atoms in total. The van der Waals surface area contributed by atoms with E-state index in [-0.39, 0.29) is 18.5 Å². The Bertz CT molecular complexity index is 190. The Kier molecular flexibility index (Phi) is 12.9. The van der Waals surface area contributed by atoms with Crippen molar-refractivity contribution >= 4 is 11.9 Å². The molecule has 0 heterocycles. The van der Waals surface area contributed by atoms with Crippen LogP contribution in [0.1, 0.15) is 13.3 Å². The summed E-state index contributed by atoms with van der Waals surface area (Å²) in [6.45, 7) is 2.33. The van der Waals surface area contributed by atoms with Gasteiger partial charge in [0.2, 0.25) is 0 Å². The molecular formula is C10H20O6. The van der Waals surface area contributed by atoms with Gasteiger partial charge in [-0.15, -0.1) is 0 Å². The largest absolute Gasteiger partial charge is 0.481 e. The molecule has 0 amide bonds. The average Bonchev–Trinajstić information content (AvgIpc) is 2.27. The Hall–Kier alpha value is -1.14. The van der Waals surface area contributed by atoms with Crippen molar-refractivity contribution in [2.45, 2.75) is 13.3 Å². The van der Waals surface area contributed by atoms with Gasteiger partial charge in [-0.2, -0.15) is 0 Å². The number of aliphatic carboxylic acids is 1. The van der Waals surface area contributed by atoms with Crippen LogP contribution in [-0.2, 0) is 23.8 Å². The summed E-state index contributed by atoms with van der Waals surface area (Å²) in [6, 6.07) is 0. The molecule has 0 saturated carbocycles. The molecule has 0 radical (unpaired) electrons. The molecule has 0 aliphatic heterocycles. The summed E-state index contributed by atoms with van der Waals surface area (Å²) in [6.07, 6.45) is 0.340. The standard InChI is InChI=1S/2C5H10O3/c1-7-4-3-5(6)8-2;1-4(3-8-2)5(6)7/h3-4H2,1-2H3;4H,3H2,1-2H3,(H,6,7). The number of carboxylic acids is 1. The lowest BCUT2D eigenvalue weighted by Gasteiger charge is -2.01. The average molecular weight is 236 g/mol. The molecule has 0 aromatic rings. The van der Waals surface area contributed by atoms with Crippen LogP contribution in [0.15, 0.2) is 0 Å². The molecule has 0 saturated heterocycles. The third-order valence-electron chi connectivity index (χ3n) is 1.58. The zero-order valence-electron chi connectivity index (χ0n) is 10.2. The number of hydrogen-bond donors (Lipinski definition) is 1. The minimum atomic E-state index is -0.813. The molecule has 16 heavy (non-hydrogen) atoms. The molecule has 0 aliphatic rings. The number of ether oxygens (including phenoxy) is 3. The predicted octanol–water partition coefficient (Wildman–Crippen LogP) is 0.549. The number of esters is 1. The highest BCUT2D eigenvalue weighted by Gasteiger charge is 2.08. The van der Waals surface area contributed by atoms with Crippen molar-refractivity contribution in [3.63, 3.8) is 0 Å².